The topological polar surface area (TPSA) is 55.4 Å². The lowest BCUT2D eigenvalue weighted by atomic mass is 9.90. The van der Waals surface area contributed by atoms with Gasteiger partial charge in [0.15, 0.2) is 9.84 Å². The highest BCUT2D eigenvalue weighted by atomic mass is 32.2. The van der Waals surface area contributed by atoms with Crippen LogP contribution in [-0.2, 0) is 14.6 Å². The van der Waals surface area contributed by atoms with E-state index in [1.165, 1.54) is 0 Å². The van der Waals surface area contributed by atoms with Crippen molar-refractivity contribution in [2.75, 3.05) is 29.2 Å². The van der Waals surface area contributed by atoms with E-state index in [-0.39, 0.29) is 17.4 Å². The van der Waals surface area contributed by atoms with Gasteiger partial charge < -0.3 is 10.1 Å². The zero-order valence-electron chi connectivity index (χ0n) is 12.9. The van der Waals surface area contributed by atoms with Gasteiger partial charge in [0.1, 0.15) is 0 Å². The maximum Gasteiger partial charge on any atom is 0.180 e. The van der Waals surface area contributed by atoms with Crippen LogP contribution in [0.1, 0.15) is 26.2 Å². The molecular formula is C16H23NO3S2. The van der Waals surface area contributed by atoms with Crippen LogP contribution < -0.4 is 5.32 Å². The summed E-state index contributed by atoms with van der Waals surface area (Å²) in [4.78, 5) is 0.416. The molecule has 0 bridgehead atoms. The summed E-state index contributed by atoms with van der Waals surface area (Å²) >= 11 is 1.95. The molecule has 22 heavy (non-hydrogen) atoms. The van der Waals surface area contributed by atoms with Gasteiger partial charge in [-0.3, -0.25) is 0 Å². The van der Waals surface area contributed by atoms with Gasteiger partial charge in [0.2, 0.25) is 0 Å². The Bertz CT molecular complexity index is 624. The Morgan fingerprint density at radius 1 is 1.41 bits per heavy atom. The Balaban J connectivity index is 1.79. The number of sulfone groups is 1. The van der Waals surface area contributed by atoms with E-state index in [2.05, 4.69) is 5.32 Å². The average molecular weight is 341 g/mol. The summed E-state index contributed by atoms with van der Waals surface area (Å²) in [5.74, 6) is 2.34. The first-order valence-electron chi connectivity index (χ1n) is 7.85. The van der Waals surface area contributed by atoms with Crippen LogP contribution in [0.4, 0.5) is 5.69 Å². The Kier molecular flexibility index (Phi) is 4.71. The van der Waals surface area contributed by atoms with Crippen LogP contribution in [0, 0.1) is 0 Å². The molecule has 1 aromatic carbocycles. The fourth-order valence-electron chi connectivity index (χ4n) is 3.25. The molecule has 6 heteroatoms. The van der Waals surface area contributed by atoms with Crippen LogP contribution in [0.3, 0.4) is 0 Å². The first-order valence-corrected chi connectivity index (χ1v) is 10.7. The van der Waals surface area contributed by atoms with E-state index in [1.54, 1.807) is 19.1 Å². The van der Waals surface area contributed by atoms with E-state index in [9.17, 15) is 8.42 Å². The number of benzene rings is 1. The Morgan fingerprint density at radius 2 is 2.23 bits per heavy atom. The molecule has 2 saturated heterocycles. The lowest BCUT2D eigenvalue weighted by molar-refractivity contribution is -0.0628. The van der Waals surface area contributed by atoms with Crippen LogP contribution in [0.2, 0.25) is 0 Å². The predicted molar refractivity (Wildman–Crippen MR) is 91.4 cm³/mol. The van der Waals surface area contributed by atoms with Gasteiger partial charge in [-0.25, -0.2) is 8.42 Å². The maximum atomic E-state index is 12.2. The van der Waals surface area contributed by atoms with Gasteiger partial charge in [-0.1, -0.05) is 19.1 Å². The van der Waals surface area contributed by atoms with Crippen molar-refractivity contribution >= 4 is 27.3 Å². The molecule has 1 aromatic rings. The maximum absolute atomic E-state index is 12.2. The van der Waals surface area contributed by atoms with Gasteiger partial charge in [0, 0.05) is 18.4 Å². The molecule has 2 fully saturated rings. The molecule has 1 N–H and O–H groups in total. The minimum absolute atomic E-state index is 0.000835. The molecule has 122 valence electrons. The average Bonchev–Trinajstić information content (AvgIpc) is 2.95. The van der Waals surface area contributed by atoms with Crippen molar-refractivity contribution in [3.05, 3.63) is 24.3 Å². The molecule has 1 spiro atoms. The number of ether oxygens (including phenoxy) is 1. The summed E-state index contributed by atoms with van der Waals surface area (Å²) in [5, 5.41) is 3.47. The number of nitrogens with one attached hydrogen (secondary N) is 1. The van der Waals surface area contributed by atoms with Gasteiger partial charge in [-0.15, -0.1) is 0 Å². The summed E-state index contributed by atoms with van der Waals surface area (Å²) in [6.45, 7) is 2.44. The zero-order chi connectivity index (χ0) is 15.6. The van der Waals surface area contributed by atoms with Crippen molar-refractivity contribution < 1.29 is 13.2 Å². The van der Waals surface area contributed by atoms with Gasteiger partial charge in [-0.2, -0.15) is 11.8 Å². The largest absolute Gasteiger partial charge is 0.381 e. The highest BCUT2D eigenvalue weighted by molar-refractivity contribution is 7.99. The minimum atomic E-state index is -3.21. The normalized spacial score (nSPS) is 28.9. The molecular weight excluding hydrogens is 318 g/mol. The molecule has 2 heterocycles. The number of hydrogen-bond acceptors (Lipinski definition) is 5. The van der Waals surface area contributed by atoms with E-state index < -0.39 is 9.84 Å². The van der Waals surface area contributed by atoms with E-state index in [0.29, 0.717) is 4.90 Å². The third kappa shape index (κ3) is 3.29. The summed E-state index contributed by atoms with van der Waals surface area (Å²) in [5.41, 5.74) is 0.733. The van der Waals surface area contributed by atoms with Crippen molar-refractivity contribution in [1.82, 2.24) is 0 Å². The van der Waals surface area contributed by atoms with Crippen molar-refractivity contribution in [1.29, 1.82) is 0 Å². The third-order valence-electron chi connectivity index (χ3n) is 4.52. The molecule has 2 aliphatic rings. The number of rotatable bonds is 4. The van der Waals surface area contributed by atoms with E-state index in [0.717, 1.165) is 43.1 Å². The van der Waals surface area contributed by atoms with Crippen LogP contribution in [0.25, 0.3) is 0 Å². The van der Waals surface area contributed by atoms with Crippen molar-refractivity contribution in [3.63, 3.8) is 0 Å². The molecule has 0 aliphatic carbocycles. The van der Waals surface area contributed by atoms with Crippen LogP contribution in [0.15, 0.2) is 29.2 Å². The molecule has 0 radical (unpaired) electrons. The second kappa shape index (κ2) is 6.42. The fourth-order valence-corrected chi connectivity index (χ4v) is 5.68. The molecule has 0 saturated carbocycles. The van der Waals surface area contributed by atoms with Gasteiger partial charge in [0.25, 0.3) is 0 Å². The summed E-state index contributed by atoms with van der Waals surface area (Å²) < 4.78 is 30.5. The number of anilines is 1. The second-order valence-electron chi connectivity index (χ2n) is 6.07. The molecule has 0 aromatic heterocycles. The predicted octanol–water partition coefficient (Wildman–Crippen LogP) is 2.95. The van der Waals surface area contributed by atoms with Gasteiger partial charge in [0.05, 0.1) is 21.9 Å². The fraction of sp³-hybridized carbons (Fsp3) is 0.625. The SMILES string of the molecule is CCS(=O)(=O)c1ccccc1N[C@H]1CCO[C@@]2(CCSC2)C1. The number of thioether (sulfide) groups is 1. The van der Waals surface area contributed by atoms with E-state index in [1.807, 2.05) is 23.9 Å². The molecule has 4 nitrogen and oxygen atoms in total. The monoisotopic (exact) mass is 341 g/mol. The molecule has 3 rings (SSSR count). The Labute approximate surface area is 136 Å². The summed E-state index contributed by atoms with van der Waals surface area (Å²) in [6.07, 6.45) is 2.98. The summed E-state index contributed by atoms with van der Waals surface area (Å²) in [6, 6.07) is 7.51. The zero-order valence-corrected chi connectivity index (χ0v) is 14.5. The highest BCUT2D eigenvalue weighted by Gasteiger charge is 2.40. The first-order chi connectivity index (χ1) is 10.5. The molecule has 0 amide bonds. The highest BCUT2D eigenvalue weighted by Crippen LogP contribution is 2.39. The van der Waals surface area contributed by atoms with Crippen LogP contribution >= 0.6 is 11.8 Å². The molecule has 2 atom stereocenters. The first kappa shape index (κ1) is 16.1. The number of para-hydroxylation sites is 1. The lowest BCUT2D eigenvalue weighted by Gasteiger charge is -2.38. The van der Waals surface area contributed by atoms with Crippen LogP contribution in [-0.4, -0.2) is 43.9 Å². The summed E-state index contributed by atoms with van der Waals surface area (Å²) in [7, 11) is -3.21. The van der Waals surface area contributed by atoms with E-state index in [4.69, 9.17) is 4.74 Å². The van der Waals surface area contributed by atoms with E-state index >= 15 is 0 Å². The van der Waals surface area contributed by atoms with Gasteiger partial charge >= 0.3 is 0 Å². The molecule has 2 aliphatic heterocycles. The Morgan fingerprint density at radius 3 is 2.95 bits per heavy atom. The van der Waals surface area contributed by atoms with Crippen LogP contribution in [0.5, 0.6) is 0 Å². The molecule has 0 unspecified atom stereocenters. The standard InChI is InChI=1S/C16H23NO3S2/c1-2-22(18,19)15-6-4-3-5-14(15)17-13-7-9-20-16(11-13)8-10-21-12-16/h3-6,13,17H,2,7-12H2,1H3/t13-,16-/m0/s1. The van der Waals surface area contributed by atoms with Crippen molar-refractivity contribution in [3.8, 4) is 0 Å². The van der Waals surface area contributed by atoms with Gasteiger partial charge in [-0.05, 0) is 37.1 Å². The quantitative estimate of drug-likeness (QED) is 0.912. The van der Waals surface area contributed by atoms with Crippen molar-refractivity contribution in [2.45, 2.75) is 42.7 Å². The smallest absolute Gasteiger partial charge is 0.180 e. The lowest BCUT2D eigenvalue weighted by Crippen LogP contribution is -2.44. The minimum Gasteiger partial charge on any atom is -0.381 e. The Hall–Kier alpha value is -0.720. The number of hydrogen-bond donors (Lipinski definition) is 1. The third-order valence-corrected chi connectivity index (χ3v) is 7.53. The second-order valence-corrected chi connectivity index (χ2v) is 9.42. The van der Waals surface area contributed by atoms with Crippen molar-refractivity contribution in [2.24, 2.45) is 0 Å².